The van der Waals surface area contributed by atoms with Gasteiger partial charge in [0.15, 0.2) is 6.10 Å². The average Bonchev–Trinajstić information content (AvgIpc) is 3.12. The molecule has 10 heteroatoms. The molecule has 0 aliphatic carbocycles. The van der Waals surface area contributed by atoms with Gasteiger partial charge in [0.25, 0.3) is 7.82 Å². The number of esters is 2. The number of ether oxygens (including phenoxy) is 2. The number of likely N-dealkylation sites (N-methyl/N-ethyl adjacent to an activating group) is 1. The van der Waals surface area contributed by atoms with Crippen LogP contribution in [0.2, 0.25) is 0 Å². The van der Waals surface area contributed by atoms with Gasteiger partial charge < -0.3 is 27.9 Å². The molecule has 0 saturated carbocycles. The van der Waals surface area contributed by atoms with Crippen molar-refractivity contribution in [3.05, 3.63) is 48.6 Å². The van der Waals surface area contributed by atoms with Crippen LogP contribution in [0.5, 0.6) is 0 Å². The second kappa shape index (κ2) is 36.6. The highest BCUT2D eigenvalue weighted by Gasteiger charge is 2.21. The van der Waals surface area contributed by atoms with Crippen LogP contribution in [0.1, 0.15) is 168 Å². The van der Waals surface area contributed by atoms with E-state index in [1.54, 1.807) is 0 Å². The van der Waals surface area contributed by atoms with E-state index < -0.39 is 32.5 Å². The lowest BCUT2D eigenvalue weighted by Gasteiger charge is -2.28. The van der Waals surface area contributed by atoms with Crippen molar-refractivity contribution in [3.8, 4) is 0 Å². The smallest absolute Gasteiger partial charge is 0.306 e. The molecule has 0 aliphatic heterocycles. The zero-order chi connectivity index (χ0) is 40.0. The molecule has 0 saturated heterocycles. The summed E-state index contributed by atoms with van der Waals surface area (Å²) in [4.78, 5) is 37.5. The Kier molecular flexibility index (Phi) is 35.2. The van der Waals surface area contributed by atoms with Crippen LogP contribution in [0.15, 0.2) is 48.6 Å². The summed E-state index contributed by atoms with van der Waals surface area (Å²) in [6.45, 7) is 4.12. The van der Waals surface area contributed by atoms with E-state index in [2.05, 4.69) is 62.5 Å². The third-order valence-corrected chi connectivity index (χ3v) is 9.79. The van der Waals surface area contributed by atoms with Crippen LogP contribution in [-0.2, 0) is 32.7 Å². The molecule has 0 heterocycles. The molecule has 0 amide bonds. The molecular weight excluding hydrogens is 701 g/mol. The van der Waals surface area contributed by atoms with Gasteiger partial charge in [-0.3, -0.25) is 14.2 Å². The van der Waals surface area contributed by atoms with Gasteiger partial charge in [-0.25, -0.2) is 0 Å². The number of carbonyl (C=O) groups excluding carboxylic acids is 2. The number of rotatable bonds is 38. The van der Waals surface area contributed by atoms with Crippen molar-refractivity contribution in [1.29, 1.82) is 0 Å². The molecule has 0 radical (unpaired) electrons. The minimum absolute atomic E-state index is 0.0390. The quantitative estimate of drug-likeness (QED) is 0.0200. The molecule has 1 unspecified atom stereocenters. The van der Waals surface area contributed by atoms with Gasteiger partial charge in [-0.1, -0.05) is 127 Å². The van der Waals surface area contributed by atoms with Crippen LogP contribution in [0.25, 0.3) is 0 Å². The Morgan fingerprint density at radius 2 is 1.00 bits per heavy atom. The first-order valence-electron chi connectivity index (χ1n) is 21.3. The zero-order valence-electron chi connectivity index (χ0n) is 35.2. The number of unbranched alkanes of at least 4 members (excludes halogenated alkanes) is 16. The number of phosphoric ester groups is 1. The third-order valence-electron chi connectivity index (χ3n) is 8.82. The molecule has 0 aromatic carbocycles. The molecule has 0 fully saturated rings. The van der Waals surface area contributed by atoms with Gasteiger partial charge in [0.1, 0.15) is 19.8 Å². The van der Waals surface area contributed by atoms with Crippen molar-refractivity contribution in [2.24, 2.45) is 0 Å². The fourth-order valence-corrected chi connectivity index (χ4v) is 6.15. The maximum atomic E-state index is 12.6. The van der Waals surface area contributed by atoms with E-state index in [1.807, 2.05) is 21.1 Å². The predicted molar refractivity (Wildman–Crippen MR) is 222 cm³/mol. The summed E-state index contributed by atoms with van der Waals surface area (Å²) < 4.78 is 33.8. The largest absolute Gasteiger partial charge is 0.756 e. The Hall–Kier alpha value is -2.03. The van der Waals surface area contributed by atoms with Crippen molar-refractivity contribution in [3.63, 3.8) is 0 Å². The monoisotopic (exact) mass is 782 g/mol. The van der Waals surface area contributed by atoms with E-state index in [9.17, 15) is 19.0 Å². The van der Waals surface area contributed by atoms with E-state index in [1.165, 1.54) is 70.6 Å². The lowest BCUT2D eigenvalue weighted by molar-refractivity contribution is -0.870. The maximum Gasteiger partial charge on any atom is 0.306 e. The van der Waals surface area contributed by atoms with Gasteiger partial charge in [0.05, 0.1) is 27.7 Å². The second-order valence-electron chi connectivity index (χ2n) is 15.3. The summed E-state index contributed by atoms with van der Waals surface area (Å²) in [5, 5.41) is 0. The number of hydrogen-bond donors (Lipinski definition) is 0. The van der Waals surface area contributed by atoms with Crippen LogP contribution in [0, 0.1) is 0 Å². The minimum Gasteiger partial charge on any atom is -0.756 e. The third kappa shape index (κ3) is 39.7. The van der Waals surface area contributed by atoms with Gasteiger partial charge in [-0.05, 0) is 77.0 Å². The van der Waals surface area contributed by atoms with E-state index in [-0.39, 0.29) is 26.1 Å². The molecule has 314 valence electrons. The summed E-state index contributed by atoms with van der Waals surface area (Å²) in [5.41, 5.74) is 0. The van der Waals surface area contributed by atoms with Crippen LogP contribution in [-0.4, -0.2) is 70.0 Å². The van der Waals surface area contributed by atoms with Crippen molar-refractivity contribution < 1.29 is 42.1 Å². The highest BCUT2D eigenvalue weighted by Crippen LogP contribution is 2.38. The van der Waals surface area contributed by atoms with Crippen LogP contribution in [0.3, 0.4) is 0 Å². The number of phosphoric acid groups is 1. The van der Waals surface area contributed by atoms with E-state index in [0.717, 1.165) is 57.8 Å². The molecule has 2 atom stereocenters. The number of quaternary nitrogens is 1. The van der Waals surface area contributed by atoms with Crippen molar-refractivity contribution >= 4 is 19.8 Å². The Balaban J connectivity index is 4.46. The summed E-state index contributed by atoms with van der Waals surface area (Å²) in [7, 11) is 1.14. The average molecular weight is 782 g/mol. The summed E-state index contributed by atoms with van der Waals surface area (Å²) >= 11 is 0. The van der Waals surface area contributed by atoms with E-state index in [4.69, 9.17) is 18.5 Å². The molecule has 0 rings (SSSR count). The Morgan fingerprint density at radius 1 is 0.574 bits per heavy atom. The molecule has 0 aliphatic rings. The Labute approximate surface area is 331 Å². The highest BCUT2D eigenvalue weighted by molar-refractivity contribution is 7.45. The lowest BCUT2D eigenvalue weighted by atomic mass is 10.1. The van der Waals surface area contributed by atoms with Crippen molar-refractivity contribution in [1.82, 2.24) is 0 Å². The number of hydrogen-bond acceptors (Lipinski definition) is 8. The standard InChI is InChI=1S/C44H80NO8P/c1-6-8-10-12-14-16-18-20-22-24-26-28-30-32-34-36-43(46)50-40-42(41-52-54(48,49)51-39-38-45(3,4)5)53-44(47)37-35-33-31-29-27-25-23-21-19-17-15-13-11-9-7-2/h14,16-17,19-20,22,26,28,42H,6-13,15,18,21,23-25,27,29-41H2,1-5H3/b16-14+,19-17+,22-20+,28-26+/t42-/m1/s1. The Morgan fingerprint density at radius 3 is 1.57 bits per heavy atom. The first-order chi connectivity index (χ1) is 26.0. The lowest BCUT2D eigenvalue weighted by Crippen LogP contribution is -2.37. The first-order valence-corrected chi connectivity index (χ1v) is 22.8. The van der Waals surface area contributed by atoms with Gasteiger partial charge in [0, 0.05) is 12.8 Å². The van der Waals surface area contributed by atoms with Gasteiger partial charge in [-0.15, -0.1) is 0 Å². The number of carbonyl (C=O) groups is 2. The SMILES string of the molecule is CCCCC/C=C/C/C=C/C/C=C/CCCCC(=O)OC[C@H](COP(=O)([O-])OCC[N+](C)(C)C)OC(=O)CCCCCCCCC/C=C/CCCCCC. The topological polar surface area (TPSA) is 111 Å². The fraction of sp³-hybridized carbons (Fsp3) is 0.773. The van der Waals surface area contributed by atoms with E-state index >= 15 is 0 Å². The molecule has 0 aromatic rings. The maximum absolute atomic E-state index is 12.6. The molecule has 0 spiro atoms. The zero-order valence-corrected chi connectivity index (χ0v) is 36.0. The van der Waals surface area contributed by atoms with Gasteiger partial charge in [0.2, 0.25) is 0 Å². The van der Waals surface area contributed by atoms with Crippen LogP contribution in [0.4, 0.5) is 0 Å². The second-order valence-corrected chi connectivity index (χ2v) is 16.8. The molecule has 54 heavy (non-hydrogen) atoms. The van der Waals surface area contributed by atoms with Crippen LogP contribution < -0.4 is 4.89 Å². The summed E-state index contributed by atoms with van der Waals surface area (Å²) in [5.74, 6) is -0.887. The van der Waals surface area contributed by atoms with Crippen molar-refractivity contribution in [2.45, 2.75) is 174 Å². The fourth-order valence-electron chi connectivity index (χ4n) is 5.42. The first kappa shape index (κ1) is 52.0. The normalized spacial score (nSPS) is 14.1. The summed E-state index contributed by atoms with van der Waals surface area (Å²) in [6.07, 6.45) is 41.3. The minimum atomic E-state index is -4.63. The molecule has 0 bridgehead atoms. The van der Waals surface area contributed by atoms with Crippen molar-refractivity contribution in [2.75, 3.05) is 47.5 Å². The Bertz CT molecular complexity index is 1070. The van der Waals surface area contributed by atoms with E-state index in [0.29, 0.717) is 23.9 Å². The van der Waals surface area contributed by atoms with Gasteiger partial charge in [-0.2, -0.15) is 0 Å². The van der Waals surface area contributed by atoms with Gasteiger partial charge >= 0.3 is 11.9 Å². The highest BCUT2D eigenvalue weighted by atomic mass is 31.2. The molecule has 9 nitrogen and oxygen atoms in total. The molecule has 0 aromatic heterocycles. The number of nitrogens with zero attached hydrogens (tertiary/aromatic N) is 1. The summed E-state index contributed by atoms with van der Waals surface area (Å²) in [6, 6.07) is 0. The number of allylic oxidation sites excluding steroid dienone is 8. The molecular formula is C44H80NO8P. The van der Waals surface area contributed by atoms with Crippen LogP contribution >= 0.6 is 7.82 Å². The predicted octanol–water partition coefficient (Wildman–Crippen LogP) is 11.3. The molecule has 0 N–H and O–H groups in total.